The van der Waals surface area contributed by atoms with Gasteiger partial charge in [-0.2, -0.15) is 0 Å². The number of aromatic carboxylic acids is 1. The Kier molecular flexibility index (Phi) is 4.45. The summed E-state index contributed by atoms with van der Waals surface area (Å²) in [4.78, 5) is 27.4. The molecule has 1 amide bonds. The van der Waals surface area contributed by atoms with Gasteiger partial charge < -0.3 is 15.3 Å². The molecule has 0 spiro atoms. The third kappa shape index (κ3) is 3.75. The summed E-state index contributed by atoms with van der Waals surface area (Å²) in [5.74, 6) is -1.11. The van der Waals surface area contributed by atoms with E-state index in [-0.39, 0.29) is 11.6 Å². The largest absolute Gasteiger partial charge is 0.477 e. The molecule has 0 radical (unpaired) electrons. The van der Waals surface area contributed by atoms with E-state index in [9.17, 15) is 9.59 Å². The molecule has 0 fully saturated rings. The van der Waals surface area contributed by atoms with Gasteiger partial charge in [0, 0.05) is 38.9 Å². The number of rotatable bonds is 5. The van der Waals surface area contributed by atoms with Crippen LogP contribution in [0, 0.1) is 0 Å². The van der Waals surface area contributed by atoms with Crippen molar-refractivity contribution in [2.75, 3.05) is 25.5 Å². The molecule has 0 aromatic carbocycles. The Hall–Kier alpha value is -2.11. The summed E-state index contributed by atoms with van der Waals surface area (Å²) in [6.45, 7) is 0.517. The highest BCUT2D eigenvalue weighted by Crippen LogP contribution is 2.13. The molecule has 0 saturated carbocycles. The number of carbonyl (C=O) groups is 2. The Labute approximate surface area is 99.3 Å². The first-order valence-corrected chi connectivity index (χ1v) is 5.15. The van der Waals surface area contributed by atoms with Gasteiger partial charge in [-0.3, -0.25) is 4.79 Å². The number of aromatic nitrogens is 1. The molecule has 17 heavy (non-hydrogen) atoms. The van der Waals surface area contributed by atoms with Crippen LogP contribution in [0.4, 0.5) is 5.69 Å². The van der Waals surface area contributed by atoms with Crippen molar-refractivity contribution in [1.29, 1.82) is 0 Å². The summed E-state index contributed by atoms with van der Waals surface area (Å²) in [6.07, 6.45) is 1.80. The van der Waals surface area contributed by atoms with Crippen molar-refractivity contribution in [2.24, 2.45) is 0 Å². The fourth-order valence-corrected chi connectivity index (χ4v) is 1.30. The number of pyridine rings is 1. The molecule has 2 N–H and O–H groups in total. The molecule has 0 bridgehead atoms. The van der Waals surface area contributed by atoms with Crippen LogP contribution in [0.1, 0.15) is 16.9 Å². The van der Waals surface area contributed by atoms with Crippen LogP contribution in [0.15, 0.2) is 18.3 Å². The van der Waals surface area contributed by atoms with E-state index in [0.29, 0.717) is 13.0 Å². The van der Waals surface area contributed by atoms with Crippen LogP contribution in [0.5, 0.6) is 0 Å². The number of hydrogen-bond acceptors (Lipinski definition) is 4. The third-order valence-corrected chi connectivity index (χ3v) is 2.36. The summed E-state index contributed by atoms with van der Waals surface area (Å²) in [7, 11) is 3.38. The van der Waals surface area contributed by atoms with E-state index < -0.39 is 5.97 Å². The maximum Gasteiger partial charge on any atom is 0.354 e. The van der Waals surface area contributed by atoms with E-state index in [1.54, 1.807) is 20.2 Å². The lowest BCUT2D eigenvalue weighted by molar-refractivity contribution is -0.120. The lowest BCUT2D eigenvalue weighted by atomic mass is 10.3. The average molecular weight is 237 g/mol. The van der Waals surface area contributed by atoms with E-state index in [1.807, 2.05) is 4.90 Å². The minimum absolute atomic E-state index is 0.00528. The molecule has 0 saturated heterocycles. The molecule has 1 heterocycles. The Bertz CT molecular complexity index is 420. The number of carboxylic acids is 1. The Morgan fingerprint density at radius 2 is 2.24 bits per heavy atom. The zero-order chi connectivity index (χ0) is 12.8. The van der Waals surface area contributed by atoms with Crippen molar-refractivity contribution in [2.45, 2.75) is 6.42 Å². The zero-order valence-corrected chi connectivity index (χ0v) is 9.80. The van der Waals surface area contributed by atoms with Gasteiger partial charge in [-0.25, -0.2) is 9.78 Å². The van der Waals surface area contributed by atoms with Gasteiger partial charge in [-0.1, -0.05) is 0 Å². The maximum absolute atomic E-state index is 11.1. The van der Waals surface area contributed by atoms with Crippen LogP contribution in [-0.2, 0) is 4.79 Å². The van der Waals surface area contributed by atoms with Crippen molar-refractivity contribution < 1.29 is 14.7 Å². The van der Waals surface area contributed by atoms with Crippen LogP contribution in [0.2, 0.25) is 0 Å². The lowest BCUT2D eigenvalue weighted by Crippen LogP contribution is -2.26. The summed E-state index contributed by atoms with van der Waals surface area (Å²) >= 11 is 0. The summed E-state index contributed by atoms with van der Waals surface area (Å²) in [5, 5.41) is 11.3. The predicted molar refractivity (Wildman–Crippen MR) is 63.2 cm³/mol. The molecule has 1 rings (SSSR count). The Morgan fingerprint density at radius 3 is 2.82 bits per heavy atom. The van der Waals surface area contributed by atoms with E-state index in [4.69, 9.17) is 5.11 Å². The molecule has 0 aliphatic rings. The number of anilines is 1. The highest BCUT2D eigenvalue weighted by atomic mass is 16.4. The molecule has 0 aliphatic heterocycles. The summed E-state index contributed by atoms with van der Waals surface area (Å²) in [6, 6.07) is 3.18. The molecule has 6 nitrogen and oxygen atoms in total. The number of nitrogens with zero attached hydrogens (tertiary/aromatic N) is 2. The van der Waals surface area contributed by atoms with Gasteiger partial charge in [-0.05, 0) is 12.1 Å². The smallest absolute Gasteiger partial charge is 0.354 e. The Morgan fingerprint density at radius 1 is 1.53 bits per heavy atom. The van der Waals surface area contributed by atoms with Crippen molar-refractivity contribution in [1.82, 2.24) is 10.3 Å². The highest BCUT2D eigenvalue weighted by molar-refractivity contribution is 5.86. The van der Waals surface area contributed by atoms with Crippen LogP contribution >= 0.6 is 0 Å². The van der Waals surface area contributed by atoms with Crippen molar-refractivity contribution in [3.05, 3.63) is 24.0 Å². The average Bonchev–Trinajstić information content (AvgIpc) is 2.35. The molecule has 0 atom stereocenters. The second kappa shape index (κ2) is 5.83. The SMILES string of the molecule is CNC(=O)CCN(C)c1ccnc(C(=O)O)c1. The molecule has 92 valence electrons. The maximum atomic E-state index is 11.1. The fourth-order valence-electron chi connectivity index (χ4n) is 1.30. The van der Waals surface area contributed by atoms with E-state index in [1.165, 1.54) is 12.3 Å². The first-order valence-electron chi connectivity index (χ1n) is 5.15. The topological polar surface area (TPSA) is 82.5 Å². The van der Waals surface area contributed by atoms with Crippen LogP contribution in [-0.4, -0.2) is 42.6 Å². The summed E-state index contributed by atoms with van der Waals surface area (Å²) < 4.78 is 0. The molecular weight excluding hydrogens is 222 g/mol. The number of carboxylic acid groups (broad SMARTS) is 1. The van der Waals surface area contributed by atoms with E-state index in [0.717, 1.165) is 5.69 Å². The van der Waals surface area contributed by atoms with Crippen LogP contribution in [0.25, 0.3) is 0 Å². The Balaban J connectivity index is 2.68. The van der Waals surface area contributed by atoms with Gasteiger partial charge in [0.2, 0.25) is 5.91 Å². The van der Waals surface area contributed by atoms with Gasteiger partial charge in [0.15, 0.2) is 0 Å². The molecule has 6 heteroatoms. The summed E-state index contributed by atoms with van der Waals surface area (Å²) in [5.41, 5.74) is 0.718. The van der Waals surface area contributed by atoms with Crippen LogP contribution < -0.4 is 10.2 Å². The highest BCUT2D eigenvalue weighted by Gasteiger charge is 2.08. The van der Waals surface area contributed by atoms with Gasteiger partial charge in [0.05, 0.1) is 0 Å². The number of hydrogen-bond donors (Lipinski definition) is 2. The van der Waals surface area contributed by atoms with Crippen molar-refractivity contribution >= 4 is 17.6 Å². The standard InChI is InChI=1S/C11H15N3O3/c1-12-10(15)4-6-14(2)8-3-5-13-9(7-8)11(16)17/h3,5,7H,4,6H2,1-2H3,(H,12,15)(H,16,17). The fraction of sp³-hybridized carbons (Fsp3) is 0.364. The number of carbonyl (C=O) groups excluding carboxylic acids is 1. The zero-order valence-electron chi connectivity index (χ0n) is 9.80. The quantitative estimate of drug-likeness (QED) is 0.772. The van der Waals surface area contributed by atoms with Crippen molar-refractivity contribution in [3.63, 3.8) is 0 Å². The minimum atomic E-state index is -1.06. The monoisotopic (exact) mass is 237 g/mol. The lowest BCUT2D eigenvalue weighted by Gasteiger charge is -2.18. The minimum Gasteiger partial charge on any atom is -0.477 e. The molecule has 1 aromatic rings. The second-order valence-electron chi connectivity index (χ2n) is 3.55. The van der Waals surface area contributed by atoms with E-state index in [2.05, 4.69) is 10.3 Å². The van der Waals surface area contributed by atoms with Gasteiger partial charge in [-0.15, -0.1) is 0 Å². The molecule has 0 aliphatic carbocycles. The first-order chi connectivity index (χ1) is 8.04. The van der Waals surface area contributed by atoms with E-state index >= 15 is 0 Å². The normalized spacial score (nSPS) is 9.76. The van der Waals surface area contributed by atoms with Crippen molar-refractivity contribution in [3.8, 4) is 0 Å². The van der Waals surface area contributed by atoms with Crippen LogP contribution in [0.3, 0.4) is 0 Å². The van der Waals surface area contributed by atoms with Gasteiger partial charge >= 0.3 is 5.97 Å². The molecule has 0 unspecified atom stereocenters. The van der Waals surface area contributed by atoms with Gasteiger partial charge in [0.25, 0.3) is 0 Å². The molecule has 1 aromatic heterocycles. The van der Waals surface area contributed by atoms with Gasteiger partial charge in [0.1, 0.15) is 5.69 Å². The molecular formula is C11H15N3O3. The predicted octanol–water partition coefficient (Wildman–Crippen LogP) is 0.352. The third-order valence-electron chi connectivity index (χ3n) is 2.36. The first kappa shape index (κ1) is 13.0. The second-order valence-corrected chi connectivity index (χ2v) is 3.55. The number of amides is 1. The number of nitrogens with one attached hydrogen (secondary N) is 1.